The number of amides is 2. The molecule has 0 spiro atoms. The van der Waals surface area contributed by atoms with Crippen molar-refractivity contribution in [3.05, 3.63) is 36.5 Å². The number of hydrogen-bond donors (Lipinski definition) is 0. The quantitative estimate of drug-likeness (QED) is 0.755. The summed E-state index contributed by atoms with van der Waals surface area (Å²) in [5.41, 5.74) is 1.50. The predicted octanol–water partition coefficient (Wildman–Crippen LogP) is 2.91. The molecule has 4 nitrogen and oxygen atoms in total. The van der Waals surface area contributed by atoms with Gasteiger partial charge < -0.3 is 0 Å². The van der Waals surface area contributed by atoms with Gasteiger partial charge in [-0.15, -0.1) is 0 Å². The number of anilines is 1. The largest absolute Gasteiger partial charge is 0.274 e. The van der Waals surface area contributed by atoms with Crippen molar-refractivity contribution in [3.63, 3.8) is 0 Å². The minimum Gasteiger partial charge on any atom is -0.274 e. The van der Waals surface area contributed by atoms with Crippen molar-refractivity contribution in [2.24, 2.45) is 11.8 Å². The zero-order chi connectivity index (χ0) is 14.4. The highest BCUT2D eigenvalue weighted by Crippen LogP contribution is 2.41. The van der Waals surface area contributed by atoms with E-state index < -0.39 is 0 Å². The van der Waals surface area contributed by atoms with Gasteiger partial charge in [-0.05, 0) is 37.1 Å². The minimum absolute atomic E-state index is 0.0268. The van der Waals surface area contributed by atoms with Crippen molar-refractivity contribution in [2.75, 3.05) is 4.90 Å². The Labute approximate surface area is 122 Å². The first-order valence-electron chi connectivity index (χ1n) is 7.49. The number of imide groups is 1. The molecule has 2 atom stereocenters. The molecule has 1 aliphatic heterocycles. The number of rotatable bonds is 1. The van der Waals surface area contributed by atoms with Gasteiger partial charge >= 0.3 is 0 Å². The van der Waals surface area contributed by atoms with Crippen molar-refractivity contribution < 1.29 is 9.59 Å². The predicted molar refractivity (Wildman–Crippen MR) is 79.7 cm³/mol. The molecule has 4 heteroatoms. The van der Waals surface area contributed by atoms with Crippen LogP contribution in [0, 0.1) is 11.8 Å². The second-order valence-electron chi connectivity index (χ2n) is 5.86. The molecule has 2 aliphatic rings. The van der Waals surface area contributed by atoms with Crippen LogP contribution in [0.3, 0.4) is 0 Å². The van der Waals surface area contributed by atoms with Gasteiger partial charge in [0.05, 0.1) is 23.0 Å². The Morgan fingerprint density at radius 1 is 0.952 bits per heavy atom. The number of fused-ring (bicyclic) bond motifs is 2. The number of benzene rings is 1. The molecule has 2 heterocycles. The molecule has 2 amide bonds. The lowest BCUT2D eigenvalue weighted by Gasteiger charge is -2.19. The summed E-state index contributed by atoms with van der Waals surface area (Å²) < 4.78 is 0. The van der Waals surface area contributed by atoms with Crippen LogP contribution in [0.1, 0.15) is 25.7 Å². The van der Waals surface area contributed by atoms with Crippen LogP contribution in [0.5, 0.6) is 0 Å². The van der Waals surface area contributed by atoms with Crippen LogP contribution in [0.4, 0.5) is 5.69 Å². The summed E-state index contributed by atoms with van der Waals surface area (Å²) in [6, 6.07) is 9.35. The summed E-state index contributed by atoms with van der Waals surface area (Å²) >= 11 is 0. The van der Waals surface area contributed by atoms with E-state index in [-0.39, 0.29) is 23.7 Å². The van der Waals surface area contributed by atoms with Crippen LogP contribution in [0.2, 0.25) is 0 Å². The summed E-state index contributed by atoms with van der Waals surface area (Å²) in [6.07, 6.45) is 5.50. The summed E-state index contributed by atoms with van der Waals surface area (Å²) in [5, 5.41) is 0.861. The maximum atomic E-state index is 12.7. The van der Waals surface area contributed by atoms with Gasteiger partial charge in [-0.25, -0.2) is 4.90 Å². The van der Waals surface area contributed by atoms with E-state index in [4.69, 9.17) is 0 Å². The Hall–Kier alpha value is -2.23. The third-order valence-electron chi connectivity index (χ3n) is 4.70. The summed E-state index contributed by atoms with van der Waals surface area (Å²) in [4.78, 5) is 31.1. The monoisotopic (exact) mass is 280 g/mol. The Balaban J connectivity index is 1.85. The average Bonchev–Trinajstić information content (AvgIpc) is 2.79. The zero-order valence-electron chi connectivity index (χ0n) is 11.7. The number of carbonyl (C=O) groups excluding carboxylic acids is 2. The van der Waals surface area contributed by atoms with Crippen LogP contribution >= 0.6 is 0 Å². The van der Waals surface area contributed by atoms with E-state index in [1.165, 1.54) is 4.90 Å². The molecule has 1 aromatic heterocycles. The molecule has 106 valence electrons. The van der Waals surface area contributed by atoms with Gasteiger partial charge in [0.25, 0.3) is 0 Å². The molecule has 0 bridgehead atoms. The number of pyridine rings is 1. The molecule has 2 fully saturated rings. The highest BCUT2D eigenvalue weighted by molar-refractivity contribution is 6.24. The van der Waals surface area contributed by atoms with Gasteiger partial charge in [0.15, 0.2) is 0 Å². The van der Waals surface area contributed by atoms with Gasteiger partial charge in [-0.3, -0.25) is 14.6 Å². The van der Waals surface area contributed by atoms with Gasteiger partial charge in [0, 0.05) is 11.6 Å². The molecule has 4 rings (SSSR count). The Morgan fingerprint density at radius 2 is 1.67 bits per heavy atom. The number of carbonyl (C=O) groups is 2. The molecule has 21 heavy (non-hydrogen) atoms. The van der Waals surface area contributed by atoms with Crippen LogP contribution in [0.25, 0.3) is 10.9 Å². The van der Waals surface area contributed by atoms with E-state index in [9.17, 15) is 9.59 Å². The van der Waals surface area contributed by atoms with E-state index in [1.807, 2.05) is 30.3 Å². The zero-order valence-corrected chi connectivity index (χ0v) is 11.7. The van der Waals surface area contributed by atoms with Crippen LogP contribution in [-0.4, -0.2) is 16.8 Å². The fourth-order valence-electron chi connectivity index (χ4n) is 3.68. The maximum Gasteiger partial charge on any atom is 0.237 e. The SMILES string of the molecule is O=C1C2CCCCC2C(=O)N1c1cccc2ncccc12. The first-order valence-corrected chi connectivity index (χ1v) is 7.49. The Morgan fingerprint density at radius 3 is 2.38 bits per heavy atom. The van der Waals surface area contributed by atoms with Gasteiger partial charge in [0.1, 0.15) is 0 Å². The van der Waals surface area contributed by atoms with Crippen molar-refractivity contribution in [1.29, 1.82) is 0 Å². The van der Waals surface area contributed by atoms with Crippen molar-refractivity contribution in [3.8, 4) is 0 Å². The first kappa shape index (κ1) is 12.5. The van der Waals surface area contributed by atoms with Crippen molar-refractivity contribution in [2.45, 2.75) is 25.7 Å². The smallest absolute Gasteiger partial charge is 0.237 e. The average molecular weight is 280 g/mol. The van der Waals surface area contributed by atoms with Crippen molar-refractivity contribution >= 4 is 28.4 Å². The maximum absolute atomic E-state index is 12.7. The normalized spacial score (nSPS) is 25.4. The summed E-state index contributed by atoms with van der Waals surface area (Å²) in [7, 11) is 0. The van der Waals surface area contributed by atoms with Gasteiger partial charge in [0.2, 0.25) is 11.8 Å². The van der Waals surface area contributed by atoms with Crippen LogP contribution < -0.4 is 4.90 Å². The third kappa shape index (κ3) is 1.78. The highest BCUT2D eigenvalue weighted by atomic mass is 16.2. The molecule has 2 unspecified atom stereocenters. The number of nitrogens with zero attached hydrogens (tertiary/aromatic N) is 2. The fraction of sp³-hybridized carbons (Fsp3) is 0.353. The summed E-state index contributed by atoms with van der Waals surface area (Å²) in [5.74, 6) is -0.279. The molecular formula is C17H16N2O2. The van der Waals surface area contributed by atoms with Crippen molar-refractivity contribution in [1.82, 2.24) is 4.98 Å². The second kappa shape index (κ2) is 4.65. The molecule has 2 aromatic rings. The molecule has 1 saturated carbocycles. The molecule has 0 radical (unpaired) electrons. The van der Waals surface area contributed by atoms with E-state index in [2.05, 4.69) is 4.98 Å². The number of hydrogen-bond acceptors (Lipinski definition) is 3. The third-order valence-corrected chi connectivity index (χ3v) is 4.70. The van der Waals surface area contributed by atoms with Crippen LogP contribution in [-0.2, 0) is 9.59 Å². The lowest BCUT2D eigenvalue weighted by atomic mass is 9.81. The van der Waals surface area contributed by atoms with E-state index in [0.29, 0.717) is 5.69 Å². The molecule has 1 aromatic carbocycles. The molecule has 0 N–H and O–H groups in total. The first-order chi connectivity index (χ1) is 10.3. The second-order valence-corrected chi connectivity index (χ2v) is 5.86. The topological polar surface area (TPSA) is 50.3 Å². The molecule has 1 saturated heterocycles. The van der Waals surface area contributed by atoms with Gasteiger partial charge in [-0.2, -0.15) is 0 Å². The molecular weight excluding hydrogens is 264 g/mol. The minimum atomic E-state index is -0.113. The summed E-state index contributed by atoms with van der Waals surface area (Å²) in [6.45, 7) is 0. The highest BCUT2D eigenvalue weighted by Gasteiger charge is 2.48. The number of aromatic nitrogens is 1. The van der Waals surface area contributed by atoms with E-state index >= 15 is 0 Å². The van der Waals surface area contributed by atoms with Crippen LogP contribution in [0.15, 0.2) is 36.5 Å². The Bertz CT molecular complexity index is 711. The van der Waals surface area contributed by atoms with Gasteiger partial charge in [-0.1, -0.05) is 18.9 Å². The van der Waals surface area contributed by atoms with E-state index in [0.717, 1.165) is 36.6 Å². The standard InChI is InChI=1S/C17H16N2O2/c20-16-11-5-1-2-6-12(11)17(21)19(16)15-9-3-8-14-13(15)7-4-10-18-14/h3-4,7-12H,1-2,5-6H2. The molecule has 1 aliphatic carbocycles. The lowest BCUT2D eigenvalue weighted by molar-refractivity contribution is -0.122. The Kier molecular flexibility index (Phi) is 2.77. The van der Waals surface area contributed by atoms with E-state index in [1.54, 1.807) is 6.20 Å². The lowest BCUT2D eigenvalue weighted by Crippen LogP contribution is -2.31. The fourth-order valence-corrected chi connectivity index (χ4v) is 3.68.